The molecule has 2 unspecified atom stereocenters. The van der Waals surface area contributed by atoms with Crippen molar-refractivity contribution in [2.24, 2.45) is 0 Å². The Balaban J connectivity index is 1.56. The number of benzene rings is 4. The fraction of sp³-hybridized carbons (Fsp3) is 0.222. The van der Waals surface area contributed by atoms with Crippen molar-refractivity contribution in [3.63, 3.8) is 0 Å². The summed E-state index contributed by atoms with van der Waals surface area (Å²) in [5, 5.41) is 3.18. The Labute approximate surface area is 223 Å². The lowest BCUT2D eigenvalue weighted by atomic mass is 9.93. The highest BCUT2D eigenvalue weighted by molar-refractivity contribution is 7.01. The molecule has 37 heavy (non-hydrogen) atoms. The largest absolute Gasteiger partial charge is 0.113 e. The second-order valence-corrected chi connectivity index (χ2v) is 15.9. The molecule has 0 saturated heterocycles. The molecule has 0 spiro atoms. The lowest BCUT2D eigenvalue weighted by molar-refractivity contribution is 0.924. The number of hydrogen-bond donors (Lipinski definition) is 0. The van der Waals surface area contributed by atoms with Gasteiger partial charge in [-0.3, -0.25) is 0 Å². The van der Waals surface area contributed by atoms with Gasteiger partial charge >= 0.3 is 0 Å². The first-order chi connectivity index (χ1) is 17.8. The van der Waals surface area contributed by atoms with E-state index in [4.69, 9.17) is 0 Å². The van der Waals surface area contributed by atoms with Gasteiger partial charge in [0, 0.05) is 11.8 Å². The van der Waals surface area contributed by atoms with E-state index in [0.29, 0.717) is 11.8 Å². The molecular weight excluding hydrogens is 460 g/mol. The van der Waals surface area contributed by atoms with Crippen molar-refractivity contribution in [3.8, 4) is 22.3 Å². The molecule has 0 N–H and O–H groups in total. The van der Waals surface area contributed by atoms with Crippen LogP contribution in [0.2, 0.25) is 13.1 Å². The third kappa shape index (κ3) is 3.71. The van der Waals surface area contributed by atoms with Gasteiger partial charge in [-0.05, 0) is 58.4 Å². The Morgan fingerprint density at radius 1 is 0.514 bits per heavy atom. The average Bonchev–Trinajstić information content (AvgIpc) is 3.38. The van der Waals surface area contributed by atoms with Crippen molar-refractivity contribution in [2.75, 3.05) is 0 Å². The highest BCUT2D eigenvalue weighted by atomic mass is 28.3. The summed E-state index contributed by atoms with van der Waals surface area (Å²) in [7, 11) is -2.03. The smallest absolute Gasteiger partial charge is 0.0655 e. The lowest BCUT2D eigenvalue weighted by Crippen LogP contribution is -2.56. The van der Waals surface area contributed by atoms with Gasteiger partial charge in [-0.25, -0.2) is 0 Å². The first kappa shape index (κ1) is 23.9. The zero-order valence-corrected chi connectivity index (χ0v) is 23.9. The summed E-state index contributed by atoms with van der Waals surface area (Å²) < 4.78 is 0. The zero-order valence-electron chi connectivity index (χ0n) is 22.9. The van der Waals surface area contributed by atoms with E-state index in [1.165, 1.54) is 44.5 Å². The minimum Gasteiger partial charge on any atom is -0.0655 e. The second-order valence-electron chi connectivity index (χ2n) is 11.6. The van der Waals surface area contributed by atoms with E-state index in [-0.39, 0.29) is 0 Å². The predicted octanol–water partition coefficient (Wildman–Crippen LogP) is 8.88. The van der Waals surface area contributed by atoms with Crippen LogP contribution in [0.25, 0.3) is 34.4 Å². The van der Waals surface area contributed by atoms with Gasteiger partial charge in [-0.1, -0.05) is 146 Å². The Bertz CT molecular complexity index is 1450. The van der Waals surface area contributed by atoms with Gasteiger partial charge < -0.3 is 0 Å². The van der Waals surface area contributed by atoms with E-state index < -0.39 is 8.07 Å². The monoisotopic (exact) mass is 496 g/mol. The number of hydrogen-bond acceptors (Lipinski definition) is 0. The summed E-state index contributed by atoms with van der Waals surface area (Å²) in [6.45, 7) is 14.6. The van der Waals surface area contributed by atoms with Gasteiger partial charge in [0.1, 0.15) is 8.07 Å². The maximum atomic E-state index is 2.57. The summed E-state index contributed by atoms with van der Waals surface area (Å²) in [5.74, 6) is 0.906. The van der Waals surface area contributed by atoms with Gasteiger partial charge in [0.15, 0.2) is 0 Å². The average molecular weight is 497 g/mol. The van der Waals surface area contributed by atoms with Gasteiger partial charge in [-0.15, -0.1) is 0 Å². The SMILES string of the molecule is CC1=Cc2c(-c3ccccc3)ccc([Si](C)(C)c3ccc(-c4ccccc4)c4c3C(C)C(C)=C4)c2C1C. The molecule has 0 fully saturated rings. The van der Waals surface area contributed by atoms with Crippen molar-refractivity contribution in [2.45, 2.75) is 52.6 Å². The van der Waals surface area contributed by atoms with Crippen LogP contribution in [0.15, 0.2) is 96.1 Å². The predicted molar refractivity (Wildman–Crippen MR) is 165 cm³/mol. The quantitative estimate of drug-likeness (QED) is 0.247. The fourth-order valence-corrected chi connectivity index (χ4v) is 9.99. The summed E-state index contributed by atoms with van der Waals surface area (Å²) in [6, 6.07) is 31.5. The molecule has 0 aromatic heterocycles. The van der Waals surface area contributed by atoms with E-state index in [1.54, 1.807) is 21.5 Å². The molecule has 0 heterocycles. The maximum absolute atomic E-state index is 2.57. The van der Waals surface area contributed by atoms with Crippen LogP contribution in [0.1, 0.15) is 61.8 Å². The minimum absolute atomic E-state index is 0.453. The van der Waals surface area contributed by atoms with Crippen LogP contribution >= 0.6 is 0 Å². The van der Waals surface area contributed by atoms with Crippen molar-refractivity contribution in [3.05, 3.63) is 118 Å². The topological polar surface area (TPSA) is 0 Å². The second kappa shape index (κ2) is 8.85. The molecule has 2 aliphatic carbocycles. The normalized spacial score (nSPS) is 18.3. The molecule has 1 heteroatoms. The van der Waals surface area contributed by atoms with Crippen LogP contribution in [-0.4, -0.2) is 8.07 Å². The molecule has 2 aliphatic rings. The molecule has 0 aliphatic heterocycles. The van der Waals surface area contributed by atoms with E-state index in [1.807, 2.05) is 0 Å². The maximum Gasteiger partial charge on any atom is 0.113 e. The van der Waals surface area contributed by atoms with Crippen LogP contribution in [-0.2, 0) is 0 Å². The number of fused-ring (bicyclic) bond motifs is 2. The molecule has 4 aromatic carbocycles. The van der Waals surface area contributed by atoms with Crippen molar-refractivity contribution in [1.82, 2.24) is 0 Å². The third-order valence-electron chi connectivity index (χ3n) is 9.07. The Morgan fingerprint density at radius 3 is 1.27 bits per heavy atom. The Hall–Kier alpha value is -3.42. The molecule has 0 bridgehead atoms. The minimum atomic E-state index is -2.03. The molecule has 0 nitrogen and oxygen atoms in total. The van der Waals surface area contributed by atoms with Gasteiger partial charge in [-0.2, -0.15) is 0 Å². The van der Waals surface area contributed by atoms with E-state index in [9.17, 15) is 0 Å². The van der Waals surface area contributed by atoms with Crippen LogP contribution < -0.4 is 10.4 Å². The molecule has 0 amide bonds. The van der Waals surface area contributed by atoms with Crippen molar-refractivity contribution in [1.29, 1.82) is 0 Å². The summed E-state index contributed by atoms with van der Waals surface area (Å²) in [6.07, 6.45) is 4.90. The van der Waals surface area contributed by atoms with E-state index >= 15 is 0 Å². The van der Waals surface area contributed by atoms with E-state index in [0.717, 1.165) is 0 Å². The van der Waals surface area contributed by atoms with E-state index in [2.05, 4.69) is 138 Å². The van der Waals surface area contributed by atoms with Crippen LogP contribution in [0, 0.1) is 0 Å². The molecular formula is C36H36Si. The Morgan fingerprint density at radius 2 is 0.892 bits per heavy atom. The molecule has 4 aromatic rings. The van der Waals surface area contributed by atoms with Gasteiger partial charge in [0.25, 0.3) is 0 Å². The third-order valence-corrected chi connectivity index (χ3v) is 12.6. The fourth-order valence-electron chi connectivity index (χ4n) is 6.65. The van der Waals surface area contributed by atoms with Crippen LogP contribution in [0.4, 0.5) is 0 Å². The van der Waals surface area contributed by atoms with Crippen LogP contribution in [0.3, 0.4) is 0 Å². The first-order valence-electron chi connectivity index (χ1n) is 13.6. The number of allylic oxidation sites excluding steroid dienone is 2. The molecule has 0 saturated carbocycles. The molecule has 0 radical (unpaired) electrons. The molecule has 2 atom stereocenters. The summed E-state index contributed by atoms with van der Waals surface area (Å²) in [5.41, 5.74) is 14.3. The molecule has 184 valence electrons. The van der Waals surface area contributed by atoms with Crippen molar-refractivity contribution >= 4 is 30.6 Å². The number of rotatable bonds is 4. The standard InChI is InChI=1S/C36H36Si/c1-23-21-31-29(27-13-9-7-10-14-27)17-19-33(35(31)25(23)3)37(5,6)34-20-18-30(28-15-11-8-12-16-28)32-22-24(2)26(4)36(32)34/h7-22,25-26H,1-6H3. The molecule has 6 rings (SSSR count). The highest BCUT2D eigenvalue weighted by Gasteiger charge is 2.38. The summed E-state index contributed by atoms with van der Waals surface area (Å²) in [4.78, 5) is 0. The summed E-state index contributed by atoms with van der Waals surface area (Å²) >= 11 is 0. The first-order valence-corrected chi connectivity index (χ1v) is 16.6. The Kier molecular flexibility index (Phi) is 5.73. The lowest BCUT2D eigenvalue weighted by Gasteiger charge is -2.32. The highest BCUT2D eigenvalue weighted by Crippen LogP contribution is 2.43. The zero-order chi connectivity index (χ0) is 25.9. The van der Waals surface area contributed by atoms with Crippen LogP contribution in [0.5, 0.6) is 0 Å². The van der Waals surface area contributed by atoms with Gasteiger partial charge in [0.2, 0.25) is 0 Å². The van der Waals surface area contributed by atoms with Crippen molar-refractivity contribution < 1.29 is 0 Å². The van der Waals surface area contributed by atoms with Gasteiger partial charge in [0.05, 0.1) is 0 Å².